The Bertz CT molecular complexity index is 709. The van der Waals surface area contributed by atoms with Crippen molar-refractivity contribution in [3.05, 3.63) is 35.7 Å². The third-order valence-corrected chi connectivity index (χ3v) is 5.85. The number of H-pyrrole nitrogens is 1. The molecule has 4 rings (SSSR count). The van der Waals surface area contributed by atoms with Crippen molar-refractivity contribution in [1.82, 2.24) is 29.5 Å². The molecule has 2 aliphatic rings. The SMILES string of the molecule is Cn1cc(C2CN(CC(C)(C)N3CCCCC3)Cc3[nH]cnc32)cn1. The molecule has 1 saturated heterocycles. The van der Waals surface area contributed by atoms with Crippen molar-refractivity contribution in [3.63, 3.8) is 0 Å². The van der Waals surface area contributed by atoms with Crippen LogP contribution in [-0.4, -0.2) is 61.3 Å². The highest BCUT2D eigenvalue weighted by molar-refractivity contribution is 5.31. The van der Waals surface area contributed by atoms with Crippen LogP contribution in [0.25, 0.3) is 0 Å². The Morgan fingerprint density at radius 2 is 2.04 bits per heavy atom. The quantitative estimate of drug-likeness (QED) is 0.927. The zero-order chi connectivity index (χ0) is 17.4. The molecule has 0 saturated carbocycles. The molecule has 25 heavy (non-hydrogen) atoms. The Morgan fingerprint density at radius 1 is 1.24 bits per heavy atom. The Labute approximate surface area is 150 Å². The van der Waals surface area contributed by atoms with Crippen molar-refractivity contribution in [3.8, 4) is 0 Å². The van der Waals surface area contributed by atoms with Crippen LogP contribution >= 0.6 is 0 Å². The van der Waals surface area contributed by atoms with Gasteiger partial charge in [0.2, 0.25) is 0 Å². The van der Waals surface area contributed by atoms with Crippen LogP contribution < -0.4 is 0 Å². The Morgan fingerprint density at radius 3 is 2.76 bits per heavy atom. The lowest BCUT2D eigenvalue weighted by Gasteiger charge is -2.45. The number of nitrogens with one attached hydrogen (secondary N) is 1. The van der Waals surface area contributed by atoms with E-state index in [9.17, 15) is 0 Å². The Balaban J connectivity index is 1.53. The number of nitrogens with zero attached hydrogens (tertiary/aromatic N) is 5. The highest BCUT2D eigenvalue weighted by Gasteiger charge is 2.35. The van der Waals surface area contributed by atoms with E-state index in [-0.39, 0.29) is 5.54 Å². The first-order chi connectivity index (χ1) is 12.0. The molecule has 1 N–H and O–H groups in total. The van der Waals surface area contributed by atoms with Crippen LogP contribution in [0.1, 0.15) is 56.0 Å². The van der Waals surface area contributed by atoms with Gasteiger partial charge in [-0.1, -0.05) is 6.42 Å². The van der Waals surface area contributed by atoms with Gasteiger partial charge in [0.05, 0.1) is 23.9 Å². The van der Waals surface area contributed by atoms with Crippen LogP contribution in [0.3, 0.4) is 0 Å². The minimum absolute atomic E-state index is 0.206. The van der Waals surface area contributed by atoms with Crippen LogP contribution in [0, 0.1) is 0 Å². The van der Waals surface area contributed by atoms with E-state index in [1.54, 1.807) is 0 Å². The molecule has 0 aliphatic carbocycles. The number of aryl methyl sites for hydroxylation is 1. The lowest BCUT2D eigenvalue weighted by atomic mass is 9.91. The van der Waals surface area contributed by atoms with Crippen molar-refractivity contribution in [2.75, 3.05) is 26.2 Å². The zero-order valence-corrected chi connectivity index (χ0v) is 15.7. The first-order valence-electron chi connectivity index (χ1n) is 9.51. The molecule has 0 aromatic carbocycles. The van der Waals surface area contributed by atoms with Crippen LogP contribution in [0.2, 0.25) is 0 Å². The molecular weight excluding hydrogens is 312 g/mol. The summed E-state index contributed by atoms with van der Waals surface area (Å²) in [6, 6.07) is 0. The summed E-state index contributed by atoms with van der Waals surface area (Å²) in [5, 5.41) is 4.37. The van der Waals surface area contributed by atoms with Crippen LogP contribution in [0.15, 0.2) is 18.7 Å². The van der Waals surface area contributed by atoms with Crippen molar-refractivity contribution >= 4 is 0 Å². The summed E-state index contributed by atoms with van der Waals surface area (Å²) in [5.74, 6) is 0.306. The van der Waals surface area contributed by atoms with E-state index in [2.05, 4.69) is 44.9 Å². The largest absolute Gasteiger partial charge is 0.347 e. The number of aromatic nitrogens is 4. The van der Waals surface area contributed by atoms with Gasteiger partial charge in [-0.15, -0.1) is 0 Å². The molecule has 0 amide bonds. The minimum Gasteiger partial charge on any atom is -0.347 e. The van der Waals surface area contributed by atoms with E-state index in [1.165, 1.54) is 49.3 Å². The number of fused-ring (bicyclic) bond motifs is 1. The smallest absolute Gasteiger partial charge is 0.0925 e. The van der Waals surface area contributed by atoms with Crippen molar-refractivity contribution in [2.24, 2.45) is 7.05 Å². The van der Waals surface area contributed by atoms with Gasteiger partial charge in [-0.05, 0) is 39.8 Å². The number of piperidine rings is 1. The summed E-state index contributed by atoms with van der Waals surface area (Å²) in [4.78, 5) is 13.2. The molecule has 2 aromatic rings. The van der Waals surface area contributed by atoms with E-state index in [1.807, 2.05) is 24.3 Å². The summed E-state index contributed by atoms with van der Waals surface area (Å²) < 4.78 is 1.89. The maximum Gasteiger partial charge on any atom is 0.0925 e. The van der Waals surface area contributed by atoms with Crippen molar-refractivity contribution < 1.29 is 0 Å². The van der Waals surface area contributed by atoms with Gasteiger partial charge in [0.15, 0.2) is 0 Å². The van der Waals surface area contributed by atoms with Gasteiger partial charge in [0, 0.05) is 49.9 Å². The van der Waals surface area contributed by atoms with Gasteiger partial charge in [-0.25, -0.2) is 4.98 Å². The second-order valence-corrected chi connectivity index (χ2v) is 8.30. The van der Waals surface area contributed by atoms with Crippen molar-refractivity contribution in [1.29, 1.82) is 0 Å². The summed E-state index contributed by atoms with van der Waals surface area (Å²) in [7, 11) is 1.98. The second kappa shape index (κ2) is 6.57. The summed E-state index contributed by atoms with van der Waals surface area (Å²) in [6.07, 6.45) is 10.0. The van der Waals surface area contributed by atoms with E-state index < -0.39 is 0 Å². The van der Waals surface area contributed by atoms with E-state index in [0.717, 1.165) is 19.6 Å². The van der Waals surface area contributed by atoms with Crippen LogP contribution in [-0.2, 0) is 13.6 Å². The summed E-state index contributed by atoms with van der Waals surface area (Å²) in [5.41, 5.74) is 3.92. The Kier molecular flexibility index (Phi) is 4.41. The van der Waals surface area contributed by atoms with E-state index >= 15 is 0 Å². The molecule has 0 bridgehead atoms. The third-order valence-electron chi connectivity index (χ3n) is 5.85. The molecule has 0 spiro atoms. The summed E-state index contributed by atoms with van der Waals surface area (Å²) >= 11 is 0. The number of rotatable bonds is 4. The third kappa shape index (κ3) is 3.37. The predicted octanol–water partition coefficient (Wildman–Crippen LogP) is 2.36. The first kappa shape index (κ1) is 16.8. The number of aromatic amines is 1. The molecule has 6 heteroatoms. The Hall–Kier alpha value is -1.66. The average Bonchev–Trinajstić information content (AvgIpc) is 3.23. The maximum absolute atomic E-state index is 4.61. The van der Waals surface area contributed by atoms with Gasteiger partial charge in [-0.3, -0.25) is 14.5 Å². The molecule has 1 unspecified atom stereocenters. The molecule has 136 valence electrons. The maximum atomic E-state index is 4.61. The number of likely N-dealkylation sites (tertiary alicyclic amines) is 1. The normalized spacial score (nSPS) is 22.9. The highest BCUT2D eigenvalue weighted by Crippen LogP contribution is 2.33. The van der Waals surface area contributed by atoms with Gasteiger partial charge >= 0.3 is 0 Å². The molecule has 0 radical (unpaired) electrons. The van der Waals surface area contributed by atoms with Crippen molar-refractivity contribution in [2.45, 2.75) is 51.1 Å². The monoisotopic (exact) mass is 342 g/mol. The fourth-order valence-corrected chi connectivity index (χ4v) is 4.54. The highest BCUT2D eigenvalue weighted by atomic mass is 15.3. The van der Waals surface area contributed by atoms with Gasteiger partial charge < -0.3 is 4.98 Å². The lowest BCUT2D eigenvalue weighted by molar-refractivity contribution is 0.0508. The lowest BCUT2D eigenvalue weighted by Crippen LogP contribution is -2.54. The fourth-order valence-electron chi connectivity index (χ4n) is 4.54. The van der Waals surface area contributed by atoms with Crippen LogP contribution in [0.4, 0.5) is 0 Å². The molecule has 4 heterocycles. The minimum atomic E-state index is 0.206. The molecule has 1 atom stereocenters. The topological polar surface area (TPSA) is 53.0 Å². The van der Waals surface area contributed by atoms with E-state index in [4.69, 9.17) is 0 Å². The molecule has 2 aliphatic heterocycles. The number of imidazole rings is 1. The van der Waals surface area contributed by atoms with Gasteiger partial charge in [0.25, 0.3) is 0 Å². The second-order valence-electron chi connectivity index (χ2n) is 8.30. The first-order valence-corrected chi connectivity index (χ1v) is 9.51. The molecule has 1 fully saturated rings. The van der Waals surface area contributed by atoms with Crippen LogP contribution in [0.5, 0.6) is 0 Å². The molecular formula is C19H30N6. The van der Waals surface area contributed by atoms with Gasteiger partial charge in [-0.2, -0.15) is 5.10 Å². The molecule has 6 nitrogen and oxygen atoms in total. The summed E-state index contributed by atoms with van der Waals surface area (Å²) in [6.45, 7) is 10.3. The number of hydrogen-bond donors (Lipinski definition) is 1. The fraction of sp³-hybridized carbons (Fsp3) is 0.684. The predicted molar refractivity (Wildman–Crippen MR) is 98.4 cm³/mol. The molecule has 2 aromatic heterocycles. The zero-order valence-electron chi connectivity index (χ0n) is 15.7. The van der Waals surface area contributed by atoms with Gasteiger partial charge in [0.1, 0.15) is 0 Å². The van der Waals surface area contributed by atoms with E-state index in [0.29, 0.717) is 5.92 Å². The average molecular weight is 342 g/mol. The standard InChI is InChI=1S/C19H30N6/c1-19(2,25-7-5-4-6-8-25)13-24-11-16(15-9-22-23(3)10-15)18-17(12-24)20-14-21-18/h9-10,14,16H,4-8,11-13H2,1-3H3,(H,20,21). The number of hydrogen-bond acceptors (Lipinski definition) is 4.